The molecule has 1 aromatic heterocycles. The van der Waals surface area contributed by atoms with Gasteiger partial charge in [0, 0.05) is 18.4 Å². The lowest BCUT2D eigenvalue weighted by Crippen LogP contribution is -2.02. The predicted molar refractivity (Wildman–Crippen MR) is 63.2 cm³/mol. The van der Waals surface area contributed by atoms with Crippen molar-refractivity contribution in [2.75, 3.05) is 0 Å². The van der Waals surface area contributed by atoms with E-state index in [0.717, 1.165) is 23.3 Å². The third-order valence-corrected chi connectivity index (χ3v) is 2.73. The Hall–Kier alpha value is -1.54. The standard InChI is InChI=1S/C14H16O2/c1-2-14-12(8-9-16-14)13(15)10-11-6-4-3-5-7-11/h3-9,13,15H,2,10H2,1H3. The smallest absolute Gasteiger partial charge is 0.109 e. The number of rotatable bonds is 4. The van der Waals surface area contributed by atoms with Gasteiger partial charge in [-0.2, -0.15) is 0 Å². The fourth-order valence-electron chi connectivity index (χ4n) is 1.88. The van der Waals surface area contributed by atoms with Crippen LogP contribution in [0.15, 0.2) is 47.1 Å². The highest BCUT2D eigenvalue weighted by molar-refractivity contribution is 5.24. The van der Waals surface area contributed by atoms with Crippen molar-refractivity contribution < 1.29 is 9.52 Å². The van der Waals surface area contributed by atoms with Crippen molar-refractivity contribution in [2.45, 2.75) is 25.9 Å². The highest BCUT2D eigenvalue weighted by Gasteiger charge is 2.14. The molecule has 1 unspecified atom stereocenters. The summed E-state index contributed by atoms with van der Waals surface area (Å²) in [6, 6.07) is 11.8. The van der Waals surface area contributed by atoms with E-state index in [1.807, 2.05) is 43.3 Å². The summed E-state index contributed by atoms with van der Waals surface area (Å²) in [4.78, 5) is 0. The second-order valence-electron chi connectivity index (χ2n) is 3.86. The average molecular weight is 216 g/mol. The fourth-order valence-corrected chi connectivity index (χ4v) is 1.88. The molecule has 0 aliphatic rings. The van der Waals surface area contributed by atoms with Crippen molar-refractivity contribution in [3.05, 3.63) is 59.5 Å². The zero-order valence-corrected chi connectivity index (χ0v) is 9.39. The summed E-state index contributed by atoms with van der Waals surface area (Å²) < 4.78 is 5.31. The summed E-state index contributed by atoms with van der Waals surface area (Å²) in [7, 11) is 0. The van der Waals surface area contributed by atoms with Crippen molar-refractivity contribution in [1.82, 2.24) is 0 Å². The van der Waals surface area contributed by atoms with Crippen LogP contribution in [-0.4, -0.2) is 5.11 Å². The molecule has 0 saturated heterocycles. The Morgan fingerprint density at radius 3 is 2.62 bits per heavy atom. The molecule has 2 heteroatoms. The van der Waals surface area contributed by atoms with Gasteiger partial charge in [-0.1, -0.05) is 37.3 Å². The molecule has 0 saturated carbocycles. The molecule has 1 N–H and O–H groups in total. The number of furan rings is 1. The minimum Gasteiger partial charge on any atom is -0.469 e. The quantitative estimate of drug-likeness (QED) is 0.851. The Bertz CT molecular complexity index is 431. The molecule has 1 heterocycles. The molecule has 1 aromatic carbocycles. The number of aliphatic hydroxyl groups excluding tert-OH is 1. The van der Waals surface area contributed by atoms with E-state index in [4.69, 9.17) is 4.42 Å². The third kappa shape index (κ3) is 2.34. The summed E-state index contributed by atoms with van der Waals surface area (Å²) >= 11 is 0. The van der Waals surface area contributed by atoms with Crippen LogP contribution in [-0.2, 0) is 12.8 Å². The van der Waals surface area contributed by atoms with Crippen molar-refractivity contribution in [1.29, 1.82) is 0 Å². The minimum absolute atomic E-state index is 0.476. The van der Waals surface area contributed by atoms with E-state index in [1.54, 1.807) is 6.26 Å². The molecule has 16 heavy (non-hydrogen) atoms. The van der Waals surface area contributed by atoms with Gasteiger partial charge in [0.15, 0.2) is 0 Å². The first-order valence-corrected chi connectivity index (χ1v) is 5.59. The van der Waals surface area contributed by atoms with Gasteiger partial charge in [-0.3, -0.25) is 0 Å². The van der Waals surface area contributed by atoms with Crippen molar-refractivity contribution in [3.8, 4) is 0 Å². The molecule has 2 nitrogen and oxygen atoms in total. The van der Waals surface area contributed by atoms with Crippen LogP contribution in [0.1, 0.15) is 29.9 Å². The summed E-state index contributed by atoms with van der Waals surface area (Å²) in [6.45, 7) is 2.03. The van der Waals surface area contributed by atoms with E-state index in [-0.39, 0.29) is 0 Å². The van der Waals surface area contributed by atoms with E-state index in [1.165, 1.54) is 0 Å². The molecule has 0 fully saturated rings. The molecule has 1 atom stereocenters. The van der Waals surface area contributed by atoms with Gasteiger partial charge in [-0.25, -0.2) is 0 Å². The second kappa shape index (κ2) is 4.99. The first kappa shape index (κ1) is 11.0. The Balaban J connectivity index is 2.11. The molecular formula is C14H16O2. The maximum Gasteiger partial charge on any atom is 0.109 e. The fraction of sp³-hybridized carbons (Fsp3) is 0.286. The summed E-state index contributed by atoms with van der Waals surface area (Å²) in [5, 5.41) is 10.1. The number of hydrogen-bond acceptors (Lipinski definition) is 2. The molecule has 0 aliphatic carbocycles. The zero-order valence-electron chi connectivity index (χ0n) is 9.39. The van der Waals surface area contributed by atoms with E-state index in [2.05, 4.69) is 0 Å². The molecule has 0 spiro atoms. The predicted octanol–water partition coefficient (Wildman–Crippen LogP) is 3.12. The molecular weight excluding hydrogens is 200 g/mol. The largest absolute Gasteiger partial charge is 0.469 e. The SMILES string of the molecule is CCc1occc1C(O)Cc1ccccc1. The molecule has 2 rings (SSSR count). The van der Waals surface area contributed by atoms with Gasteiger partial charge in [0.25, 0.3) is 0 Å². The van der Waals surface area contributed by atoms with E-state index < -0.39 is 6.10 Å². The summed E-state index contributed by atoms with van der Waals surface area (Å²) in [5.74, 6) is 0.878. The van der Waals surface area contributed by atoms with Crippen LogP contribution < -0.4 is 0 Å². The van der Waals surface area contributed by atoms with Crippen LogP contribution in [0.25, 0.3) is 0 Å². The van der Waals surface area contributed by atoms with Crippen molar-refractivity contribution in [3.63, 3.8) is 0 Å². The summed E-state index contributed by atoms with van der Waals surface area (Å²) in [5.41, 5.74) is 2.05. The Morgan fingerprint density at radius 2 is 1.94 bits per heavy atom. The Morgan fingerprint density at radius 1 is 1.19 bits per heavy atom. The van der Waals surface area contributed by atoms with Gasteiger partial charge in [0.05, 0.1) is 12.4 Å². The molecule has 0 aliphatic heterocycles. The molecule has 0 amide bonds. The van der Waals surface area contributed by atoms with Crippen LogP contribution in [0.5, 0.6) is 0 Å². The average Bonchev–Trinajstić information content (AvgIpc) is 2.78. The number of aryl methyl sites for hydroxylation is 1. The van der Waals surface area contributed by atoms with Gasteiger partial charge in [-0.15, -0.1) is 0 Å². The van der Waals surface area contributed by atoms with Gasteiger partial charge in [0.2, 0.25) is 0 Å². The highest BCUT2D eigenvalue weighted by Crippen LogP contribution is 2.23. The van der Waals surface area contributed by atoms with E-state index in [9.17, 15) is 5.11 Å². The number of benzene rings is 1. The van der Waals surface area contributed by atoms with Crippen molar-refractivity contribution >= 4 is 0 Å². The Labute approximate surface area is 95.5 Å². The first-order chi connectivity index (χ1) is 7.81. The molecule has 0 radical (unpaired) electrons. The highest BCUT2D eigenvalue weighted by atomic mass is 16.3. The van der Waals surface area contributed by atoms with Gasteiger partial charge in [0.1, 0.15) is 5.76 Å². The third-order valence-electron chi connectivity index (χ3n) is 2.73. The van der Waals surface area contributed by atoms with Crippen molar-refractivity contribution in [2.24, 2.45) is 0 Å². The number of aliphatic hydroxyl groups is 1. The normalized spacial score (nSPS) is 12.6. The zero-order chi connectivity index (χ0) is 11.4. The molecule has 0 bridgehead atoms. The molecule has 2 aromatic rings. The lowest BCUT2D eigenvalue weighted by Gasteiger charge is -2.10. The van der Waals surface area contributed by atoms with E-state index in [0.29, 0.717) is 6.42 Å². The number of hydrogen-bond donors (Lipinski definition) is 1. The maximum atomic E-state index is 10.1. The van der Waals surface area contributed by atoms with Gasteiger partial charge in [-0.05, 0) is 11.6 Å². The summed E-state index contributed by atoms with van der Waals surface area (Å²) in [6.07, 6.45) is 2.61. The maximum absolute atomic E-state index is 10.1. The lowest BCUT2D eigenvalue weighted by molar-refractivity contribution is 0.176. The van der Waals surface area contributed by atoms with Crippen LogP contribution in [0.3, 0.4) is 0 Å². The first-order valence-electron chi connectivity index (χ1n) is 5.59. The van der Waals surface area contributed by atoms with Crippen LogP contribution >= 0.6 is 0 Å². The minimum atomic E-state index is -0.476. The van der Waals surface area contributed by atoms with Crippen LogP contribution in [0.4, 0.5) is 0 Å². The lowest BCUT2D eigenvalue weighted by atomic mass is 10.0. The Kier molecular flexibility index (Phi) is 3.42. The van der Waals surface area contributed by atoms with E-state index >= 15 is 0 Å². The van der Waals surface area contributed by atoms with Gasteiger partial charge < -0.3 is 9.52 Å². The van der Waals surface area contributed by atoms with Gasteiger partial charge >= 0.3 is 0 Å². The van der Waals surface area contributed by atoms with Crippen LogP contribution in [0.2, 0.25) is 0 Å². The monoisotopic (exact) mass is 216 g/mol. The molecule has 84 valence electrons. The van der Waals surface area contributed by atoms with Crippen LogP contribution in [0, 0.1) is 0 Å². The second-order valence-corrected chi connectivity index (χ2v) is 3.86. The topological polar surface area (TPSA) is 33.4 Å².